The number of rotatable bonds is 7. The van der Waals surface area contributed by atoms with E-state index >= 15 is 0 Å². The number of halogens is 3. The first-order valence-corrected chi connectivity index (χ1v) is 10.8. The number of nitrogens with one attached hydrogen (secondary N) is 1. The molecule has 0 saturated heterocycles. The van der Waals surface area contributed by atoms with E-state index in [1.54, 1.807) is 65.8 Å². The molecule has 1 N–H and O–H groups in total. The van der Waals surface area contributed by atoms with Gasteiger partial charge < -0.3 is 9.88 Å². The quantitative estimate of drug-likeness (QED) is 0.373. The van der Waals surface area contributed by atoms with Crippen molar-refractivity contribution in [3.05, 3.63) is 101 Å². The third-order valence-corrected chi connectivity index (χ3v) is 6.09. The number of thiophene rings is 1. The maximum Gasteiger partial charge on any atom is 0.416 e. The topological polar surface area (TPSA) is 64.0 Å². The van der Waals surface area contributed by atoms with E-state index in [0.29, 0.717) is 20.9 Å². The van der Waals surface area contributed by atoms with E-state index in [-0.39, 0.29) is 12.3 Å². The van der Waals surface area contributed by atoms with Gasteiger partial charge in [0.1, 0.15) is 6.04 Å². The fraction of sp³-hybridized carbons (Fsp3) is 0.125. The number of alkyl halides is 3. The van der Waals surface area contributed by atoms with E-state index in [1.807, 2.05) is 0 Å². The number of nitrogens with zero attached hydrogens (tertiary/aromatic N) is 2. The highest BCUT2D eigenvalue weighted by Crippen LogP contribution is 2.33. The summed E-state index contributed by atoms with van der Waals surface area (Å²) >= 11 is 1.14. The van der Waals surface area contributed by atoms with Crippen LogP contribution in [0.4, 0.5) is 13.2 Å². The summed E-state index contributed by atoms with van der Waals surface area (Å²) in [5.74, 6) is -0.676. The molecule has 1 unspecified atom stereocenters. The maximum absolute atomic E-state index is 13.0. The van der Waals surface area contributed by atoms with Gasteiger partial charge in [-0.1, -0.05) is 42.5 Å². The van der Waals surface area contributed by atoms with Crippen molar-refractivity contribution in [1.82, 2.24) is 14.9 Å². The number of Topliss-reactive ketones (excluding diaryl/α,β-unsaturated/α-hetero) is 1. The molecule has 1 amide bonds. The zero-order valence-electron chi connectivity index (χ0n) is 17.1. The van der Waals surface area contributed by atoms with Gasteiger partial charge in [-0.25, -0.2) is 4.98 Å². The average Bonchev–Trinajstić information content (AvgIpc) is 3.51. The number of imidazole rings is 1. The summed E-state index contributed by atoms with van der Waals surface area (Å²) in [7, 11) is 0. The van der Waals surface area contributed by atoms with Gasteiger partial charge in [0, 0.05) is 22.8 Å². The molecule has 2 aromatic carbocycles. The number of hydrogen-bond donors (Lipinski definition) is 1. The molecule has 1 atom stereocenters. The molecule has 0 spiro atoms. The summed E-state index contributed by atoms with van der Waals surface area (Å²) in [4.78, 5) is 30.9. The molecule has 0 radical (unpaired) electrons. The Kier molecular flexibility index (Phi) is 6.41. The second-order valence-electron chi connectivity index (χ2n) is 7.25. The van der Waals surface area contributed by atoms with Crippen molar-refractivity contribution in [2.45, 2.75) is 18.8 Å². The van der Waals surface area contributed by atoms with Gasteiger partial charge in [-0.15, -0.1) is 11.3 Å². The zero-order valence-corrected chi connectivity index (χ0v) is 17.9. The van der Waals surface area contributed by atoms with Crippen molar-refractivity contribution in [3.8, 4) is 10.4 Å². The Balaban J connectivity index is 1.52. The van der Waals surface area contributed by atoms with Crippen molar-refractivity contribution in [3.63, 3.8) is 0 Å². The molecule has 4 aromatic rings. The number of carbonyl (C=O) groups is 2. The Hall–Kier alpha value is -3.72. The lowest BCUT2D eigenvalue weighted by Crippen LogP contribution is -2.43. The van der Waals surface area contributed by atoms with Gasteiger partial charge in [0.2, 0.25) is 0 Å². The van der Waals surface area contributed by atoms with Gasteiger partial charge in [0.15, 0.2) is 5.78 Å². The van der Waals surface area contributed by atoms with E-state index in [9.17, 15) is 22.8 Å². The summed E-state index contributed by atoms with van der Waals surface area (Å²) in [6.07, 6.45) is 0.437. The Morgan fingerprint density at radius 2 is 1.73 bits per heavy atom. The Morgan fingerprint density at radius 3 is 2.36 bits per heavy atom. The first kappa shape index (κ1) is 22.5. The summed E-state index contributed by atoms with van der Waals surface area (Å²) in [6.45, 7) is 0.205. The smallest absolute Gasteiger partial charge is 0.339 e. The average molecular weight is 469 g/mol. The van der Waals surface area contributed by atoms with Crippen LogP contribution in [0.5, 0.6) is 0 Å². The van der Waals surface area contributed by atoms with E-state index in [2.05, 4.69) is 10.3 Å². The Morgan fingerprint density at radius 1 is 1.00 bits per heavy atom. The second kappa shape index (κ2) is 9.41. The number of aromatic nitrogens is 2. The van der Waals surface area contributed by atoms with Gasteiger partial charge in [-0.2, -0.15) is 13.2 Å². The lowest BCUT2D eigenvalue weighted by atomic mass is 10.0. The molecule has 5 nitrogen and oxygen atoms in total. The largest absolute Gasteiger partial charge is 0.416 e. The first-order chi connectivity index (χ1) is 15.8. The highest BCUT2D eigenvalue weighted by molar-refractivity contribution is 7.17. The molecule has 2 aromatic heterocycles. The third-order valence-electron chi connectivity index (χ3n) is 4.96. The maximum atomic E-state index is 13.0. The van der Waals surface area contributed by atoms with E-state index < -0.39 is 23.7 Å². The number of ketones is 1. The van der Waals surface area contributed by atoms with Crippen LogP contribution in [-0.2, 0) is 12.7 Å². The fourth-order valence-electron chi connectivity index (χ4n) is 3.27. The van der Waals surface area contributed by atoms with Crippen LogP contribution in [0.1, 0.15) is 25.6 Å². The molecule has 0 aliphatic heterocycles. The number of amides is 1. The summed E-state index contributed by atoms with van der Waals surface area (Å²) in [5, 5.41) is 2.79. The van der Waals surface area contributed by atoms with Gasteiger partial charge in [0.05, 0.1) is 23.3 Å². The highest BCUT2D eigenvalue weighted by Gasteiger charge is 2.30. The van der Waals surface area contributed by atoms with Gasteiger partial charge >= 0.3 is 6.18 Å². The predicted octanol–water partition coefficient (Wildman–Crippen LogP) is 5.31. The molecule has 0 saturated carbocycles. The number of carbonyl (C=O) groups excluding carboxylic acids is 2. The Bertz CT molecular complexity index is 1230. The molecule has 168 valence electrons. The molecule has 33 heavy (non-hydrogen) atoms. The normalized spacial score (nSPS) is 12.3. The molecule has 2 heterocycles. The molecule has 4 rings (SSSR count). The van der Waals surface area contributed by atoms with Crippen LogP contribution in [0.15, 0.2) is 85.5 Å². The molecule has 9 heteroatoms. The Labute approximate surface area is 191 Å². The minimum absolute atomic E-state index is 0.205. The van der Waals surface area contributed by atoms with Crippen LogP contribution < -0.4 is 5.32 Å². The van der Waals surface area contributed by atoms with Gasteiger partial charge in [-0.05, 0) is 29.8 Å². The van der Waals surface area contributed by atoms with Crippen molar-refractivity contribution in [2.24, 2.45) is 0 Å². The SMILES string of the molecule is O=C(NC(Cn1ccnc1)C(=O)c1ccccc1)c1ccc(-c2ccc(C(F)(F)F)cc2)s1. The molecular weight excluding hydrogens is 451 g/mol. The van der Waals surface area contributed by atoms with Crippen molar-refractivity contribution in [1.29, 1.82) is 0 Å². The first-order valence-electron chi connectivity index (χ1n) is 9.94. The number of hydrogen-bond acceptors (Lipinski definition) is 4. The highest BCUT2D eigenvalue weighted by atomic mass is 32.1. The predicted molar refractivity (Wildman–Crippen MR) is 119 cm³/mol. The van der Waals surface area contributed by atoms with Crippen LogP contribution in [0, 0.1) is 0 Å². The lowest BCUT2D eigenvalue weighted by Gasteiger charge is -2.18. The minimum atomic E-state index is -4.41. The molecule has 0 aliphatic rings. The van der Waals surface area contributed by atoms with E-state index in [0.717, 1.165) is 23.5 Å². The van der Waals surface area contributed by atoms with Gasteiger partial charge in [0.25, 0.3) is 5.91 Å². The molecule has 0 bridgehead atoms. The van der Waals surface area contributed by atoms with E-state index in [4.69, 9.17) is 0 Å². The van der Waals surface area contributed by atoms with Crippen molar-refractivity contribution >= 4 is 23.0 Å². The molecule has 0 aliphatic carbocycles. The second-order valence-corrected chi connectivity index (χ2v) is 8.34. The van der Waals surface area contributed by atoms with Crippen LogP contribution >= 0.6 is 11.3 Å². The fourth-order valence-corrected chi connectivity index (χ4v) is 4.19. The monoisotopic (exact) mass is 469 g/mol. The van der Waals surface area contributed by atoms with Crippen molar-refractivity contribution < 1.29 is 22.8 Å². The van der Waals surface area contributed by atoms with Crippen LogP contribution in [0.25, 0.3) is 10.4 Å². The molecule has 0 fully saturated rings. The number of benzene rings is 2. The molecular formula is C24H18F3N3O2S. The van der Waals surface area contributed by atoms with Crippen LogP contribution in [-0.4, -0.2) is 27.3 Å². The van der Waals surface area contributed by atoms with Crippen LogP contribution in [0.3, 0.4) is 0 Å². The van der Waals surface area contributed by atoms with Gasteiger partial charge in [-0.3, -0.25) is 9.59 Å². The summed E-state index contributed by atoms with van der Waals surface area (Å²) in [5.41, 5.74) is 0.310. The minimum Gasteiger partial charge on any atom is -0.339 e. The summed E-state index contributed by atoms with van der Waals surface area (Å²) < 4.78 is 40.1. The third kappa shape index (κ3) is 5.38. The lowest BCUT2D eigenvalue weighted by molar-refractivity contribution is -0.137. The van der Waals surface area contributed by atoms with E-state index in [1.165, 1.54) is 12.1 Å². The zero-order chi connectivity index (χ0) is 23.4. The summed E-state index contributed by atoms with van der Waals surface area (Å²) in [6, 6.07) is 15.9. The van der Waals surface area contributed by atoms with Crippen LogP contribution in [0.2, 0.25) is 0 Å². The van der Waals surface area contributed by atoms with Crippen molar-refractivity contribution in [2.75, 3.05) is 0 Å². The standard InChI is InChI=1S/C24H18F3N3O2S/c25-24(26,27)18-8-6-16(7-9-18)20-10-11-21(33-20)23(32)29-19(14-30-13-12-28-15-30)22(31)17-4-2-1-3-5-17/h1-13,15,19H,14H2,(H,29,32).